The normalized spacial score (nSPS) is 12.2. The van der Waals surface area contributed by atoms with Crippen molar-refractivity contribution in [2.75, 3.05) is 6.79 Å². The first kappa shape index (κ1) is 18.8. The Morgan fingerprint density at radius 1 is 1.07 bits per heavy atom. The number of ether oxygens (including phenoxy) is 3. The van der Waals surface area contributed by atoms with Crippen LogP contribution in [0.1, 0.15) is 21.5 Å². The van der Waals surface area contributed by atoms with Gasteiger partial charge in [0, 0.05) is 10.6 Å². The highest BCUT2D eigenvalue weighted by Crippen LogP contribution is 2.32. The average Bonchev–Trinajstić information content (AvgIpc) is 3.21. The van der Waals surface area contributed by atoms with E-state index in [0.717, 1.165) is 11.1 Å². The van der Waals surface area contributed by atoms with Crippen molar-refractivity contribution < 1.29 is 19.0 Å². The Balaban J connectivity index is 1.34. The van der Waals surface area contributed by atoms with Crippen LogP contribution in [0.5, 0.6) is 17.2 Å². The third kappa shape index (κ3) is 4.86. The molecule has 4 rings (SSSR count). The molecule has 1 aliphatic rings. The summed E-state index contributed by atoms with van der Waals surface area (Å²) in [7, 11) is 0. The molecule has 0 atom stereocenters. The summed E-state index contributed by atoms with van der Waals surface area (Å²) >= 11 is 5.89. The molecule has 146 valence electrons. The van der Waals surface area contributed by atoms with Gasteiger partial charge in [0.1, 0.15) is 12.4 Å². The maximum absolute atomic E-state index is 12.2. The van der Waals surface area contributed by atoms with Gasteiger partial charge < -0.3 is 14.2 Å². The van der Waals surface area contributed by atoms with Crippen LogP contribution in [-0.4, -0.2) is 18.9 Å². The van der Waals surface area contributed by atoms with Crippen LogP contribution in [0.25, 0.3) is 0 Å². The van der Waals surface area contributed by atoms with Gasteiger partial charge in [-0.2, -0.15) is 5.10 Å². The molecule has 1 N–H and O–H groups in total. The first-order valence-electron chi connectivity index (χ1n) is 8.88. The van der Waals surface area contributed by atoms with Crippen molar-refractivity contribution in [1.82, 2.24) is 5.43 Å². The van der Waals surface area contributed by atoms with Gasteiger partial charge in [-0.05, 0) is 53.6 Å². The molecule has 1 heterocycles. The second kappa shape index (κ2) is 8.67. The van der Waals surface area contributed by atoms with Crippen molar-refractivity contribution in [3.05, 3.63) is 88.4 Å². The van der Waals surface area contributed by atoms with Crippen LogP contribution in [-0.2, 0) is 6.61 Å². The molecular weight excluding hydrogens is 392 g/mol. The zero-order chi connectivity index (χ0) is 20.1. The number of carbonyl (C=O) groups is 1. The second-order valence-electron chi connectivity index (χ2n) is 6.25. The van der Waals surface area contributed by atoms with Crippen molar-refractivity contribution in [2.24, 2.45) is 5.10 Å². The SMILES string of the molecule is O=C(NN=Cc1cccc(OCc2ccc(Cl)cc2)c1)c1ccc2c(c1)OCO2. The lowest BCUT2D eigenvalue weighted by molar-refractivity contribution is 0.0954. The maximum atomic E-state index is 12.2. The zero-order valence-corrected chi connectivity index (χ0v) is 16.1. The molecule has 6 nitrogen and oxygen atoms in total. The molecule has 1 amide bonds. The average molecular weight is 409 g/mol. The molecule has 0 bridgehead atoms. The van der Waals surface area contributed by atoms with Crippen LogP contribution in [0, 0.1) is 0 Å². The monoisotopic (exact) mass is 408 g/mol. The Morgan fingerprint density at radius 2 is 1.90 bits per heavy atom. The van der Waals surface area contributed by atoms with E-state index >= 15 is 0 Å². The molecule has 0 saturated carbocycles. The third-order valence-electron chi connectivity index (χ3n) is 4.19. The number of hydrogen-bond donors (Lipinski definition) is 1. The van der Waals surface area contributed by atoms with Gasteiger partial charge in [-0.3, -0.25) is 4.79 Å². The van der Waals surface area contributed by atoms with Crippen molar-refractivity contribution in [3.63, 3.8) is 0 Å². The summed E-state index contributed by atoms with van der Waals surface area (Å²) in [6.45, 7) is 0.591. The van der Waals surface area contributed by atoms with Gasteiger partial charge in [-0.25, -0.2) is 5.43 Å². The third-order valence-corrected chi connectivity index (χ3v) is 4.44. The fourth-order valence-corrected chi connectivity index (χ4v) is 2.83. The largest absolute Gasteiger partial charge is 0.489 e. The molecule has 0 aromatic heterocycles. The van der Waals surface area contributed by atoms with E-state index in [0.29, 0.717) is 34.4 Å². The van der Waals surface area contributed by atoms with Crippen molar-refractivity contribution in [3.8, 4) is 17.2 Å². The molecule has 3 aromatic carbocycles. The Bertz CT molecular complexity index is 1050. The van der Waals surface area contributed by atoms with Crippen molar-refractivity contribution in [1.29, 1.82) is 0 Å². The number of halogens is 1. The van der Waals surface area contributed by atoms with E-state index in [-0.39, 0.29) is 12.7 Å². The van der Waals surface area contributed by atoms with E-state index in [1.165, 1.54) is 0 Å². The van der Waals surface area contributed by atoms with Gasteiger partial charge in [0.2, 0.25) is 6.79 Å². The van der Waals surface area contributed by atoms with E-state index < -0.39 is 0 Å². The van der Waals surface area contributed by atoms with Crippen LogP contribution < -0.4 is 19.6 Å². The summed E-state index contributed by atoms with van der Waals surface area (Å²) in [6, 6.07) is 19.9. The lowest BCUT2D eigenvalue weighted by Gasteiger charge is -2.07. The number of hydrogen-bond acceptors (Lipinski definition) is 5. The molecule has 7 heteroatoms. The highest BCUT2D eigenvalue weighted by molar-refractivity contribution is 6.30. The number of nitrogens with one attached hydrogen (secondary N) is 1. The quantitative estimate of drug-likeness (QED) is 0.484. The van der Waals surface area contributed by atoms with Crippen molar-refractivity contribution >= 4 is 23.7 Å². The number of benzene rings is 3. The minimum Gasteiger partial charge on any atom is -0.489 e. The molecule has 1 aliphatic heterocycles. The minimum atomic E-state index is -0.338. The van der Waals surface area contributed by atoms with E-state index in [2.05, 4.69) is 10.5 Å². The molecule has 0 spiro atoms. The molecule has 0 unspecified atom stereocenters. The highest BCUT2D eigenvalue weighted by atomic mass is 35.5. The van der Waals surface area contributed by atoms with E-state index in [9.17, 15) is 4.79 Å². The summed E-state index contributed by atoms with van der Waals surface area (Å²) in [6.07, 6.45) is 1.56. The number of fused-ring (bicyclic) bond motifs is 1. The number of rotatable bonds is 6. The minimum absolute atomic E-state index is 0.162. The van der Waals surface area contributed by atoms with Gasteiger partial charge in [-0.15, -0.1) is 0 Å². The molecule has 29 heavy (non-hydrogen) atoms. The standard InChI is InChI=1S/C22H17ClN2O4/c23-18-7-4-15(5-8-18)13-27-19-3-1-2-16(10-19)12-24-25-22(26)17-6-9-20-21(11-17)29-14-28-20/h1-12H,13-14H2,(H,25,26). The van der Waals surface area contributed by atoms with E-state index in [1.807, 2.05) is 48.5 Å². The molecule has 0 aliphatic carbocycles. The molecule has 0 radical (unpaired) electrons. The van der Waals surface area contributed by atoms with E-state index in [1.54, 1.807) is 24.4 Å². The Kier molecular flexibility index (Phi) is 5.63. The molecule has 0 saturated heterocycles. The van der Waals surface area contributed by atoms with Gasteiger partial charge in [0.25, 0.3) is 5.91 Å². The van der Waals surface area contributed by atoms with Crippen molar-refractivity contribution in [2.45, 2.75) is 6.61 Å². The van der Waals surface area contributed by atoms with Gasteiger partial charge in [0.05, 0.1) is 6.21 Å². The highest BCUT2D eigenvalue weighted by Gasteiger charge is 2.15. The van der Waals surface area contributed by atoms with Gasteiger partial charge in [-0.1, -0.05) is 35.9 Å². The summed E-state index contributed by atoms with van der Waals surface area (Å²) in [5.41, 5.74) is 4.75. The predicted octanol–water partition coefficient (Wildman–Crippen LogP) is 4.41. The molecular formula is C22H17ClN2O4. The summed E-state index contributed by atoms with van der Waals surface area (Å²) in [5, 5.41) is 4.70. The lowest BCUT2D eigenvalue weighted by atomic mass is 10.2. The topological polar surface area (TPSA) is 69.2 Å². The number of amides is 1. The molecule has 3 aromatic rings. The van der Waals surface area contributed by atoms with Crippen LogP contribution in [0.2, 0.25) is 5.02 Å². The van der Waals surface area contributed by atoms with E-state index in [4.69, 9.17) is 25.8 Å². The Hall–Kier alpha value is -3.51. The summed E-state index contributed by atoms with van der Waals surface area (Å²) < 4.78 is 16.3. The summed E-state index contributed by atoms with van der Waals surface area (Å²) in [5.74, 6) is 1.54. The zero-order valence-electron chi connectivity index (χ0n) is 15.3. The first-order chi connectivity index (χ1) is 14.2. The Morgan fingerprint density at radius 3 is 2.76 bits per heavy atom. The summed E-state index contributed by atoms with van der Waals surface area (Å²) in [4.78, 5) is 12.2. The fraction of sp³-hybridized carbons (Fsp3) is 0.0909. The van der Waals surface area contributed by atoms with Gasteiger partial charge >= 0.3 is 0 Å². The van der Waals surface area contributed by atoms with Crippen LogP contribution in [0.3, 0.4) is 0 Å². The fourth-order valence-electron chi connectivity index (χ4n) is 2.70. The maximum Gasteiger partial charge on any atom is 0.271 e. The van der Waals surface area contributed by atoms with Gasteiger partial charge in [0.15, 0.2) is 11.5 Å². The number of nitrogens with zero attached hydrogens (tertiary/aromatic N) is 1. The predicted molar refractivity (Wildman–Crippen MR) is 110 cm³/mol. The number of carbonyl (C=O) groups excluding carboxylic acids is 1. The van der Waals surface area contributed by atoms with Crippen LogP contribution >= 0.6 is 11.6 Å². The van der Waals surface area contributed by atoms with Crippen LogP contribution in [0.15, 0.2) is 71.8 Å². The second-order valence-corrected chi connectivity index (χ2v) is 6.69. The number of hydrazone groups is 1. The Labute approximate surface area is 172 Å². The smallest absolute Gasteiger partial charge is 0.271 e. The lowest BCUT2D eigenvalue weighted by Crippen LogP contribution is -2.17. The first-order valence-corrected chi connectivity index (χ1v) is 9.25. The van der Waals surface area contributed by atoms with Crippen LogP contribution in [0.4, 0.5) is 0 Å². The molecule has 0 fully saturated rings.